The first-order valence-corrected chi connectivity index (χ1v) is 9.69. The van der Waals surface area contributed by atoms with Crippen molar-refractivity contribution in [2.24, 2.45) is 0 Å². The van der Waals surface area contributed by atoms with E-state index in [0.717, 1.165) is 18.4 Å². The molecule has 1 heterocycles. The van der Waals surface area contributed by atoms with Gasteiger partial charge >= 0.3 is 0 Å². The third kappa shape index (κ3) is 3.26. The van der Waals surface area contributed by atoms with E-state index >= 15 is 0 Å². The third-order valence-electron chi connectivity index (χ3n) is 4.59. The Hall–Kier alpha value is -2.56. The van der Waals surface area contributed by atoms with Gasteiger partial charge in [-0.05, 0) is 54.8 Å². The molecule has 6 nitrogen and oxygen atoms in total. The summed E-state index contributed by atoms with van der Waals surface area (Å²) in [6.45, 7) is 0.460. The molecule has 1 atom stereocenters. The smallest absolute Gasteiger partial charge is 0.243 e. The fourth-order valence-corrected chi connectivity index (χ4v) is 4.94. The first kappa shape index (κ1) is 18.2. The van der Waals surface area contributed by atoms with Gasteiger partial charge in [-0.3, -0.25) is 0 Å². The number of rotatable bonds is 5. The maximum Gasteiger partial charge on any atom is 0.243 e. The van der Waals surface area contributed by atoms with Crippen LogP contribution in [-0.2, 0) is 10.0 Å². The molecule has 2 aromatic rings. The topological polar surface area (TPSA) is 79.6 Å². The Kier molecular flexibility index (Phi) is 5.16. The monoisotopic (exact) mass is 372 g/mol. The summed E-state index contributed by atoms with van der Waals surface area (Å²) in [5.41, 5.74) is 1.30. The first-order chi connectivity index (χ1) is 12.5. The summed E-state index contributed by atoms with van der Waals surface area (Å²) in [6.07, 6.45) is 1.53. The minimum atomic E-state index is -3.64. The molecular weight excluding hydrogens is 352 g/mol. The average Bonchev–Trinajstić information content (AvgIpc) is 3.18. The Bertz CT molecular complexity index is 933. The predicted molar refractivity (Wildman–Crippen MR) is 96.6 cm³/mol. The van der Waals surface area contributed by atoms with Crippen molar-refractivity contribution in [3.05, 3.63) is 53.6 Å². The lowest BCUT2D eigenvalue weighted by Gasteiger charge is -2.25. The Morgan fingerprint density at radius 2 is 1.77 bits per heavy atom. The quantitative estimate of drug-likeness (QED) is 0.806. The number of ether oxygens (including phenoxy) is 2. The fourth-order valence-electron chi connectivity index (χ4n) is 3.26. The van der Waals surface area contributed by atoms with Gasteiger partial charge in [0.25, 0.3) is 0 Å². The van der Waals surface area contributed by atoms with Crippen LogP contribution in [0.2, 0.25) is 0 Å². The highest BCUT2D eigenvalue weighted by Crippen LogP contribution is 2.39. The number of methoxy groups -OCH3 is 2. The van der Waals surface area contributed by atoms with Crippen molar-refractivity contribution in [1.29, 1.82) is 5.26 Å². The first-order valence-electron chi connectivity index (χ1n) is 8.25. The van der Waals surface area contributed by atoms with Crippen LogP contribution in [0.5, 0.6) is 11.5 Å². The van der Waals surface area contributed by atoms with E-state index in [9.17, 15) is 8.42 Å². The molecule has 0 N–H and O–H groups in total. The molecule has 0 amide bonds. The molecule has 2 aromatic carbocycles. The highest BCUT2D eigenvalue weighted by Gasteiger charge is 2.36. The van der Waals surface area contributed by atoms with Crippen molar-refractivity contribution in [3.8, 4) is 17.6 Å². The predicted octanol–water partition coefficient (Wildman–Crippen LogP) is 3.10. The van der Waals surface area contributed by atoms with E-state index in [-0.39, 0.29) is 10.9 Å². The third-order valence-corrected chi connectivity index (χ3v) is 6.51. The second-order valence-electron chi connectivity index (χ2n) is 6.02. The Balaban J connectivity index is 1.96. The average molecular weight is 372 g/mol. The van der Waals surface area contributed by atoms with Crippen LogP contribution in [0.1, 0.15) is 30.0 Å². The van der Waals surface area contributed by atoms with E-state index in [0.29, 0.717) is 23.6 Å². The van der Waals surface area contributed by atoms with Crippen molar-refractivity contribution in [2.45, 2.75) is 23.8 Å². The highest BCUT2D eigenvalue weighted by atomic mass is 32.2. The summed E-state index contributed by atoms with van der Waals surface area (Å²) < 4.78 is 38.3. The van der Waals surface area contributed by atoms with Crippen LogP contribution >= 0.6 is 0 Å². The van der Waals surface area contributed by atoms with Gasteiger partial charge in [-0.2, -0.15) is 9.57 Å². The fraction of sp³-hybridized carbons (Fsp3) is 0.316. The normalized spacial score (nSPS) is 17.7. The number of hydrogen-bond donors (Lipinski definition) is 0. The molecule has 0 radical (unpaired) electrons. The SMILES string of the molecule is COc1ccc(C2CCCN2S(=O)(=O)c2ccc(C#N)cc2)cc1OC. The Labute approximate surface area is 153 Å². The Morgan fingerprint density at radius 3 is 2.38 bits per heavy atom. The molecule has 1 saturated heterocycles. The van der Waals surface area contributed by atoms with Crippen LogP contribution in [0.4, 0.5) is 0 Å². The molecule has 3 rings (SSSR count). The summed E-state index contributed by atoms with van der Waals surface area (Å²) >= 11 is 0. The summed E-state index contributed by atoms with van der Waals surface area (Å²) in [5.74, 6) is 1.18. The molecule has 136 valence electrons. The summed E-state index contributed by atoms with van der Waals surface area (Å²) in [6, 6.07) is 13.3. The summed E-state index contributed by atoms with van der Waals surface area (Å²) in [4.78, 5) is 0.198. The van der Waals surface area contributed by atoms with Crippen LogP contribution in [0, 0.1) is 11.3 Å². The van der Waals surface area contributed by atoms with Crippen molar-refractivity contribution in [1.82, 2.24) is 4.31 Å². The highest BCUT2D eigenvalue weighted by molar-refractivity contribution is 7.89. The van der Waals surface area contributed by atoms with Gasteiger partial charge in [0, 0.05) is 6.54 Å². The molecule has 1 unspecified atom stereocenters. The standard InChI is InChI=1S/C19H20N2O4S/c1-24-18-10-7-15(12-19(18)25-2)17-4-3-11-21(17)26(22,23)16-8-5-14(13-20)6-9-16/h5-10,12,17H,3-4,11H2,1-2H3. The largest absolute Gasteiger partial charge is 0.493 e. The van der Waals surface area contributed by atoms with Gasteiger partial charge in [-0.1, -0.05) is 6.07 Å². The van der Waals surface area contributed by atoms with Crippen LogP contribution in [0.15, 0.2) is 47.4 Å². The van der Waals surface area contributed by atoms with Gasteiger partial charge in [0.15, 0.2) is 11.5 Å². The molecular formula is C19H20N2O4S. The zero-order chi connectivity index (χ0) is 18.7. The number of benzene rings is 2. The lowest BCUT2D eigenvalue weighted by molar-refractivity contribution is 0.351. The van der Waals surface area contributed by atoms with Crippen LogP contribution in [0.25, 0.3) is 0 Å². The lowest BCUT2D eigenvalue weighted by atomic mass is 10.0. The van der Waals surface area contributed by atoms with Gasteiger partial charge in [-0.25, -0.2) is 8.42 Å². The van der Waals surface area contributed by atoms with Gasteiger partial charge in [0.2, 0.25) is 10.0 Å². The lowest BCUT2D eigenvalue weighted by Crippen LogP contribution is -2.30. The van der Waals surface area contributed by atoms with E-state index in [1.54, 1.807) is 20.3 Å². The van der Waals surface area contributed by atoms with E-state index in [2.05, 4.69) is 0 Å². The second-order valence-corrected chi connectivity index (χ2v) is 7.91. The van der Waals surface area contributed by atoms with Crippen LogP contribution in [-0.4, -0.2) is 33.5 Å². The summed E-state index contributed by atoms with van der Waals surface area (Å²) in [7, 11) is -0.523. The molecule has 0 saturated carbocycles. The van der Waals surface area contributed by atoms with E-state index in [4.69, 9.17) is 14.7 Å². The molecule has 0 aromatic heterocycles. The molecule has 1 aliphatic heterocycles. The van der Waals surface area contributed by atoms with E-state index in [1.807, 2.05) is 18.2 Å². The second kappa shape index (κ2) is 7.36. The summed E-state index contributed by atoms with van der Waals surface area (Å²) in [5, 5.41) is 8.89. The van der Waals surface area contributed by atoms with Crippen molar-refractivity contribution in [2.75, 3.05) is 20.8 Å². The minimum absolute atomic E-state index is 0.198. The van der Waals surface area contributed by atoms with Gasteiger partial charge in [0.05, 0.1) is 36.8 Å². The van der Waals surface area contributed by atoms with Gasteiger partial charge < -0.3 is 9.47 Å². The zero-order valence-electron chi connectivity index (χ0n) is 14.7. The Morgan fingerprint density at radius 1 is 1.08 bits per heavy atom. The van der Waals surface area contributed by atoms with Crippen molar-refractivity contribution >= 4 is 10.0 Å². The molecule has 0 bridgehead atoms. The molecule has 7 heteroatoms. The maximum absolute atomic E-state index is 13.1. The number of nitrogens with zero attached hydrogens (tertiary/aromatic N) is 2. The number of hydrogen-bond acceptors (Lipinski definition) is 5. The van der Waals surface area contributed by atoms with E-state index in [1.165, 1.54) is 28.6 Å². The number of nitriles is 1. The molecule has 1 aliphatic rings. The van der Waals surface area contributed by atoms with Crippen LogP contribution < -0.4 is 9.47 Å². The van der Waals surface area contributed by atoms with Crippen LogP contribution in [0.3, 0.4) is 0 Å². The number of sulfonamides is 1. The molecule has 0 aliphatic carbocycles. The minimum Gasteiger partial charge on any atom is -0.493 e. The molecule has 1 fully saturated rings. The van der Waals surface area contributed by atoms with Gasteiger partial charge in [-0.15, -0.1) is 0 Å². The maximum atomic E-state index is 13.1. The van der Waals surface area contributed by atoms with E-state index < -0.39 is 10.0 Å². The van der Waals surface area contributed by atoms with Gasteiger partial charge in [0.1, 0.15) is 0 Å². The molecule has 0 spiro atoms. The van der Waals surface area contributed by atoms with Crippen molar-refractivity contribution in [3.63, 3.8) is 0 Å². The molecule has 26 heavy (non-hydrogen) atoms. The van der Waals surface area contributed by atoms with Crippen molar-refractivity contribution < 1.29 is 17.9 Å². The zero-order valence-corrected chi connectivity index (χ0v) is 15.5.